The third-order valence-electron chi connectivity index (χ3n) is 9.48. The number of rotatable bonds is 30. The van der Waals surface area contributed by atoms with Crippen LogP contribution in [0.5, 0.6) is 0 Å². The topological polar surface area (TPSA) is 172 Å². The van der Waals surface area contributed by atoms with E-state index in [1.165, 1.54) is 0 Å². The van der Waals surface area contributed by atoms with E-state index in [-0.39, 0.29) is 37.9 Å². The van der Waals surface area contributed by atoms with Gasteiger partial charge in [0.25, 0.3) is 0 Å². The molecule has 0 aliphatic rings. The number of hydrogen-bond donors (Lipinski definition) is 4. The van der Waals surface area contributed by atoms with Crippen molar-refractivity contribution in [3.05, 3.63) is 131 Å². The Morgan fingerprint density at radius 1 is 0.422 bits per heavy atom. The van der Waals surface area contributed by atoms with Crippen LogP contribution >= 0.6 is 0 Å². The van der Waals surface area contributed by atoms with E-state index in [1.54, 1.807) is 24.3 Å². The van der Waals surface area contributed by atoms with Gasteiger partial charge in [-0.3, -0.25) is 20.2 Å². The largest absolute Gasteiger partial charge is 0.445 e. The van der Waals surface area contributed by atoms with Gasteiger partial charge in [-0.25, -0.2) is 9.59 Å². The lowest BCUT2D eigenvalue weighted by Crippen LogP contribution is -2.19. The molecule has 0 spiro atoms. The van der Waals surface area contributed by atoms with E-state index in [4.69, 9.17) is 28.4 Å². The molecule has 0 saturated heterocycles. The maximum atomic E-state index is 12.4. The van der Waals surface area contributed by atoms with Crippen LogP contribution in [0, 0.1) is 0 Å². The second-order valence-corrected chi connectivity index (χ2v) is 15.0. The summed E-state index contributed by atoms with van der Waals surface area (Å²) in [7, 11) is 0. The van der Waals surface area contributed by atoms with Crippen molar-refractivity contribution in [2.75, 3.05) is 87.3 Å². The molecule has 4 rings (SSSR count). The van der Waals surface area contributed by atoms with Crippen molar-refractivity contribution >= 4 is 46.8 Å². The molecule has 14 nitrogen and oxygen atoms in total. The fraction of sp³-hybridized carbons (Fsp3) is 0.400. The number of benzene rings is 4. The zero-order chi connectivity index (χ0) is 45.6. The van der Waals surface area contributed by atoms with Crippen molar-refractivity contribution in [3.8, 4) is 0 Å². The zero-order valence-corrected chi connectivity index (χ0v) is 37.3. The highest BCUT2D eigenvalue weighted by molar-refractivity contribution is 5.91. The summed E-state index contributed by atoms with van der Waals surface area (Å²) in [5.41, 5.74) is 7.15. The lowest BCUT2D eigenvalue weighted by Gasteiger charge is -2.11. The maximum Gasteiger partial charge on any atom is 0.411 e. The molecule has 0 saturated carbocycles. The molecule has 344 valence electrons. The summed E-state index contributed by atoms with van der Waals surface area (Å²) in [4.78, 5) is 49.4. The Morgan fingerprint density at radius 3 is 1.03 bits per heavy atom. The Kier molecular flexibility index (Phi) is 23.8. The van der Waals surface area contributed by atoms with Crippen LogP contribution in [0.3, 0.4) is 0 Å². The first-order chi connectivity index (χ1) is 31.2. The SMILES string of the molecule is C=C(COC(=O)Nc1ccc(Cc2ccc(NC(=O)CCOCCOCCCC)cc2)cc1)COC(=O)Nc1ccc(Cc2ccc(NC(=O)CCOCCOCCCC)cc2)cc1. The molecule has 0 aromatic heterocycles. The summed E-state index contributed by atoms with van der Waals surface area (Å²) in [6, 6.07) is 30.1. The van der Waals surface area contributed by atoms with Gasteiger partial charge in [-0.2, -0.15) is 0 Å². The molecule has 0 heterocycles. The van der Waals surface area contributed by atoms with Gasteiger partial charge in [0.05, 0.1) is 52.5 Å². The highest BCUT2D eigenvalue weighted by Crippen LogP contribution is 2.18. The lowest BCUT2D eigenvalue weighted by molar-refractivity contribution is -0.118. The van der Waals surface area contributed by atoms with Crippen LogP contribution < -0.4 is 21.3 Å². The van der Waals surface area contributed by atoms with Gasteiger partial charge in [-0.1, -0.05) is 81.8 Å². The third-order valence-corrected chi connectivity index (χ3v) is 9.48. The molecule has 0 bridgehead atoms. The van der Waals surface area contributed by atoms with Crippen LogP contribution in [0.2, 0.25) is 0 Å². The van der Waals surface area contributed by atoms with E-state index >= 15 is 0 Å². The van der Waals surface area contributed by atoms with E-state index in [1.807, 2.05) is 72.8 Å². The minimum absolute atomic E-state index is 0.111. The second-order valence-electron chi connectivity index (χ2n) is 15.0. The monoisotopic (exact) mass is 880 g/mol. The van der Waals surface area contributed by atoms with E-state index in [9.17, 15) is 19.2 Å². The summed E-state index contributed by atoms with van der Waals surface area (Å²) in [6.07, 6.45) is 4.78. The molecule has 4 amide bonds. The van der Waals surface area contributed by atoms with Crippen LogP contribution in [0.4, 0.5) is 32.3 Å². The number of amides is 4. The van der Waals surface area contributed by atoms with Gasteiger partial charge < -0.3 is 39.1 Å². The van der Waals surface area contributed by atoms with Gasteiger partial charge in [0, 0.05) is 36.0 Å². The van der Waals surface area contributed by atoms with Crippen molar-refractivity contribution in [3.63, 3.8) is 0 Å². The zero-order valence-electron chi connectivity index (χ0n) is 37.3. The van der Waals surface area contributed by atoms with Gasteiger partial charge in [-0.05, 0) is 102 Å². The molecule has 4 N–H and O–H groups in total. The maximum absolute atomic E-state index is 12.4. The number of nitrogens with one attached hydrogen (secondary N) is 4. The first-order valence-electron chi connectivity index (χ1n) is 22.0. The van der Waals surface area contributed by atoms with Crippen LogP contribution in [0.1, 0.15) is 74.6 Å². The molecule has 0 radical (unpaired) electrons. The van der Waals surface area contributed by atoms with Gasteiger partial charge >= 0.3 is 12.2 Å². The van der Waals surface area contributed by atoms with Gasteiger partial charge in [0.15, 0.2) is 0 Å². The first kappa shape index (κ1) is 50.6. The first-order valence-corrected chi connectivity index (χ1v) is 22.0. The number of ether oxygens (including phenoxy) is 6. The minimum Gasteiger partial charge on any atom is -0.445 e. The fourth-order valence-corrected chi connectivity index (χ4v) is 5.89. The highest BCUT2D eigenvalue weighted by atomic mass is 16.6. The van der Waals surface area contributed by atoms with Crippen molar-refractivity contribution in [1.82, 2.24) is 0 Å². The molecule has 4 aromatic rings. The summed E-state index contributed by atoms with van der Waals surface area (Å²) < 4.78 is 32.4. The summed E-state index contributed by atoms with van der Waals surface area (Å²) in [6.45, 7) is 12.0. The second kappa shape index (κ2) is 30.1. The molecular formula is C50H64N4O10. The van der Waals surface area contributed by atoms with Crippen LogP contribution in [-0.4, -0.2) is 90.1 Å². The molecule has 4 aromatic carbocycles. The van der Waals surface area contributed by atoms with Crippen LogP contribution in [0.15, 0.2) is 109 Å². The number of anilines is 4. The van der Waals surface area contributed by atoms with Crippen molar-refractivity contribution in [2.45, 2.75) is 65.2 Å². The van der Waals surface area contributed by atoms with Crippen molar-refractivity contribution < 1.29 is 47.6 Å². The molecule has 0 fully saturated rings. The standard InChI is InChI=1S/C50H64N4O10/c1-4-6-26-59-30-32-61-28-24-47(55)51-43-16-8-39(9-17-43)34-41-12-20-45(21-13-41)53-49(57)63-36-38(3)37-64-50(58)54-46-22-14-42(15-23-46)35-40-10-18-44(19-11-40)52-48(56)25-29-62-33-31-60-27-7-5-2/h8-23H,3-7,24-37H2,1-2H3,(H,51,55)(H,52,56)(H,53,57)(H,54,58). The Hall–Kier alpha value is -6.06. The van der Waals surface area contributed by atoms with Gasteiger partial charge in [0.1, 0.15) is 13.2 Å². The summed E-state index contributed by atoms with van der Waals surface area (Å²) in [5.74, 6) is -0.222. The molecule has 14 heteroatoms. The van der Waals surface area contributed by atoms with E-state index < -0.39 is 12.2 Å². The van der Waals surface area contributed by atoms with E-state index in [2.05, 4.69) is 41.7 Å². The lowest BCUT2D eigenvalue weighted by atomic mass is 10.0. The summed E-state index contributed by atoms with van der Waals surface area (Å²) in [5, 5.41) is 11.2. The van der Waals surface area contributed by atoms with E-state index in [0.717, 1.165) is 61.2 Å². The van der Waals surface area contributed by atoms with Gasteiger partial charge in [-0.15, -0.1) is 0 Å². The quantitative estimate of drug-likeness (QED) is 0.0292. The van der Waals surface area contributed by atoms with Gasteiger partial charge in [0.2, 0.25) is 11.8 Å². The van der Waals surface area contributed by atoms with Crippen LogP contribution in [-0.2, 0) is 50.9 Å². The minimum atomic E-state index is -0.668. The molecule has 0 aliphatic carbocycles. The summed E-state index contributed by atoms with van der Waals surface area (Å²) >= 11 is 0. The van der Waals surface area contributed by atoms with E-state index in [0.29, 0.717) is 80.8 Å². The highest BCUT2D eigenvalue weighted by Gasteiger charge is 2.10. The Morgan fingerprint density at radius 2 is 0.719 bits per heavy atom. The Balaban J connectivity index is 1.05. The van der Waals surface area contributed by atoms with Crippen LogP contribution in [0.25, 0.3) is 0 Å². The number of unbranched alkanes of at least 4 members (excludes halogenated alkanes) is 2. The van der Waals surface area contributed by atoms with Crippen molar-refractivity contribution in [2.24, 2.45) is 0 Å². The average Bonchev–Trinajstić information content (AvgIpc) is 3.29. The molecule has 0 aliphatic heterocycles. The number of carbonyl (C=O) groups is 4. The average molecular weight is 881 g/mol. The Labute approximate surface area is 377 Å². The fourth-order valence-electron chi connectivity index (χ4n) is 5.89. The number of carbonyl (C=O) groups excluding carboxylic acids is 4. The van der Waals surface area contributed by atoms with Crippen molar-refractivity contribution in [1.29, 1.82) is 0 Å². The predicted octanol–water partition coefficient (Wildman–Crippen LogP) is 9.55. The molecular weight excluding hydrogens is 817 g/mol. The molecule has 64 heavy (non-hydrogen) atoms. The molecule has 0 unspecified atom stereocenters. The smallest absolute Gasteiger partial charge is 0.411 e. The predicted molar refractivity (Wildman–Crippen MR) is 250 cm³/mol. The molecule has 0 atom stereocenters. The third kappa shape index (κ3) is 21.8. The Bertz CT molecular complexity index is 1850. The number of hydrogen-bond acceptors (Lipinski definition) is 10. The normalized spacial score (nSPS) is 10.8.